The molecule has 7 heteroatoms. The van der Waals surface area contributed by atoms with E-state index in [4.69, 9.17) is 15.1 Å². The maximum atomic E-state index is 12.3. The van der Waals surface area contributed by atoms with Crippen molar-refractivity contribution in [1.82, 2.24) is 4.31 Å². The molecule has 0 spiro atoms. The van der Waals surface area contributed by atoms with E-state index in [1.807, 2.05) is 6.07 Å². The Morgan fingerprint density at radius 3 is 2.74 bits per heavy atom. The summed E-state index contributed by atoms with van der Waals surface area (Å²) < 4.78 is 30.7. The predicted octanol–water partition coefficient (Wildman–Crippen LogP) is 0.188. The molecule has 0 unspecified atom stereocenters. The second-order valence-corrected chi connectivity index (χ2v) is 5.70. The van der Waals surface area contributed by atoms with E-state index in [9.17, 15) is 8.42 Å². The Kier molecular flexibility index (Phi) is 5.92. The molecular weight excluding hydrogens is 268 g/mol. The number of sulfonamides is 1. The van der Waals surface area contributed by atoms with Crippen molar-refractivity contribution in [2.24, 2.45) is 0 Å². The molecule has 0 bridgehead atoms. The lowest BCUT2D eigenvalue weighted by atomic mass is 10.2. The van der Waals surface area contributed by atoms with E-state index in [-0.39, 0.29) is 36.8 Å². The number of rotatable bonds is 7. The summed E-state index contributed by atoms with van der Waals surface area (Å²) in [6.07, 6.45) is 0. The average molecular weight is 284 g/mol. The molecule has 0 fully saturated rings. The fourth-order valence-corrected chi connectivity index (χ4v) is 2.99. The Labute approximate surface area is 112 Å². The first kappa shape index (κ1) is 15.6. The summed E-state index contributed by atoms with van der Waals surface area (Å²) >= 11 is 0. The van der Waals surface area contributed by atoms with Gasteiger partial charge in [0.1, 0.15) is 0 Å². The van der Waals surface area contributed by atoms with E-state index < -0.39 is 10.0 Å². The van der Waals surface area contributed by atoms with Crippen LogP contribution < -0.4 is 0 Å². The van der Waals surface area contributed by atoms with Crippen LogP contribution in [0.2, 0.25) is 0 Å². The molecule has 0 saturated carbocycles. The molecule has 0 aliphatic heterocycles. The maximum absolute atomic E-state index is 12.3. The molecule has 19 heavy (non-hydrogen) atoms. The molecule has 0 radical (unpaired) electrons. The molecular formula is C12H16N2O4S. The lowest BCUT2D eigenvalue weighted by Gasteiger charge is -2.20. The Morgan fingerprint density at radius 2 is 2.16 bits per heavy atom. The number of hydrogen-bond acceptors (Lipinski definition) is 5. The van der Waals surface area contributed by atoms with Crippen molar-refractivity contribution in [1.29, 1.82) is 5.26 Å². The first-order valence-corrected chi connectivity index (χ1v) is 7.10. The van der Waals surface area contributed by atoms with Gasteiger partial charge in [-0.2, -0.15) is 9.57 Å². The zero-order valence-corrected chi connectivity index (χ0v) is 11.4. The smallest absolute Gasteiger partial charge is 0.243 e. The minimum atomic E-state index is -3.73. The zero-order valence-electron chi connectivity index (χ0n) is 10.6. The second kappa shape index (κ2) is 7.21. The van der Waals surface area contributed by atoms with Gasteiger partial charge in [0.25, 0.3) is 0 Å². The van der Waals surface area contributed by atoms with E-state index in [2.05, 4.69) is 0 Å². The summed E-state index contributed by atoms with van der Waals surface area (Å²) in [4.78, 5) is 0.0381. The largest absolute Gasteiger partial charge is 0.395 e. The van der Waals surface area contributed by atoms with Crippen molar-refractivity contribution in [2.75, 3.05) is 33.4 Å². The van der Waals surface area contributed by atoms with Crippen LogP contribution in [0.5, 0.6) is 0 Å². The molecule has 1 aromatic rings. The molecule has 0 heterocycles. The normalized spacial score (nSPS) is 11.5. The van der Waals surface area contributed by atoms with E-state index in [0.29, 0.717) is 0 Å². The number of nitriles is 1. The topological polar surface area (TPSA) is 90.6 Å². The van der Waals surface area contributed by atoms with Crippen molar-refractivity contribution in [3.8, 4) is 6.07 Å². The highest BCUT2D eigenvalue weighted by Gasteiger charge is 2.23. The summed E-state index contributed by atoms with van der Waals surface area (Å²) in [7, 11) is -2.25. The van der Waals surface area contributed by atoms with E-state index >= 15 is 0 Å². The number of nitrogens with zero attached hydrogens (tertiary/aromatic N) is 2. The molecule has 0 amide bonds. The van der Waals surface area contributed by atoms with Gasteiger partial charge >= 0.3 is 0 Å². The van der Waals surface area contributed by atoms with Gasteiger partial charge in [0, 0.05) is 20.2 Å². The summed E-state index contributed by atoms with van der Waals surface area (Å²) in [5.41, 5.74) is 0.275. The van der Waals surface area contributed by atoms with E-state index in [0.717, 1.165) is 4.31 Å². The number of ether oxygens (including phenoxy) is 1. The van der Waals surface area contributed by atoms with Crippen LogP contribution in [0.1, 0.15) is 5.56 Å². The SMILES string of the molecule is COCCN(CCO)S(=O)(=O)c1cccc(C#N)c1. The molecule has 1 rings (SSSR count). The molecule has 0 saturated heterocycles. The van der Waals surface area contributed by atoms with Crippen LogP contribution in [0, 0.1) is 11.3 Å². The highest BCUT2D eigenvalue weighted by Crippen LogP contribution is 2.16. The van der Waals surface area contributed by atoms with Crippen molar-refractivity contribution in [3.05, 3.63) is 29.8 Å². The maximum Gasteiger partial charge on any atom is 0.243 e. The molecule has 0 aliphatic rings. The lowest BCUT2D eigenvalue weighted by molar-refractivity contribution is 0.168. The summed E-state index contributed by atoms with van der Waals surface area (Å²) in [5.74, 6) is 0. The van der Waals surface area contributed by atoms with Gasteiger partial charge in [0.2, 0.25) is 10.0 Å². The average Bonchev–Trinajstić information content (AvgIpc) is 2.43. The summed E-state index contributed by atoms with van der Waals surface area (Å²) in [5, 5.41) is 17.7. The minimum absolute atomic E-state index is 0.0114. The fraction of sp³-hybridized carbons (Fsp3) is 0.417. The molecule has 0 atom stereocenters. The van der Waals surface area contributed by atoms with Crippen LogP contribution in [-0.4, -0.2) is 51.2 Å². The molecule has 104 valence electrons. The third-order valence-corrected chi connectivity index (χ3v) is 4.39. The van der Waals surface area contributed by atoms with E-state index in [1.54, 1.807) is 0 Å². The van der Waals surface area contributed by atoms with Gasteiger partial charge in [-0.25, -0.2) is 8.42 Å². The lowest BCUT2D eigenvalue weighted by Crippen LogP contribution is -2.36. The number of aliphatic hydroxyl groups is 1. The molecule has 0 aromatic heterocycles. The number of methoxy groups -OCH3 is 1. The van der Waals surface area contributed by atoms with Crippen LogP contribution in [0.15, 0.2) is 29.2 Å². The van der Waals surface area contributed by atoms with Crippen LogP contribution in [0.25, 0.3) is 0 Å². The van der Waals surface area contributed by atoms with Gasteiger partial charge in [-0.05, 0) is 18.2 Å². The minimum Gasteiger partial charge on any atom is -0.395 e. The first-order valence-electron chi connectivity index (χ1n) is 5.66. The van der Waals surface area contributed by atoms with Crippen molar-refractivity contribution < 1.29 is 18.3 Å². The Balaban J connectivity index is 3.07. The number of benzene rings is 1. The third-order valence-electron chi connectivity index (χ3n) is 2.50. The van der Waals surface area contributed by atoms with Crippen LogP contribution in [0.3, 0.4) is 0 Å². The molecule has 0 aliphatic carbocycles. The van der Waals surface area contributed by atoms with Crippen LogP contribution >= 0.6 is 0 Å². The first-order chi connectivity index (χ1) is 9.06. The fourth-order valence-electron chi connectivity index (χ4n) is 1.53. The monoisotopic (exact) mass is 284 g/mol. The van der Waals surface area contributed by atoms with Crippen LogP contribution in [-0.2, 0) is 14.8 Å². The number of aliphatic hydroxyl groups excluding tert-OH is 1. The van der Waals surface area contributed by atoms with Crippen molar-refractivity contribution in [3.63, 3.8) is 0 Å². The highest BCUT2D eigenvalue weighted by molar-refractivity contribution is 7.89. The quantitative estimate of drug-likeness (QED) is 0.771. The Hall–Kier alpha value is -1.46. The van der Waals surface area contributed by atoms with E-state index in [1.165, 1.54) is 31.4 Å². The standard InChI is InChI=1S/C12H16N2O4S/c1-18-8-6-14(5-7-15)19(16,17)12-4-2-3-11(9-12)10-13/h2-4,9,15H,5-8H2,1H3. The highest BCUT2D eigenvalue weighted by atomic mass is 32.2. The molecule has 6 nitrogen and oxygen atoms in total. The second-order valence-electron chi connectivity index (χ2n) is 3.76. The molecule has 1 aromatic carbocycles. The molecule has 1 N–H and O–H groups in total. The Morgan fingerprint density at radius 1 is 1.42 bits per heavy atom. The zero-order chi connectivity index (χ0) is 14.3. The van der Waals surface area contributed by atoms with Gasteiger partial charge in [0.15, 0.2) is 0 Å². The van der Waals surface area contributed by atoms with Gasteiger partial charge in [0.05, 0.1) is 29.7 Å². The van der Waals surface area contributed by atoms with Crippen molar-refractivity contribution in [2.45, 2.75) is 4.90 Å². The van der Waals surface area contributed by atoms with Gasteiger partial charge in [-0.3, -0.25) is 0 Å². The third kappa shape index (κ3) is 4.01. The summed E-state index contributed by atoms with van der Waals surface area (Å²) in [6.45, 7) is 0.0940. The van der Waals surface area contributed by atoms with Gasteiger partial charge in [-0.15, -0.1) is 0 Å². The van der Waals surface area contributed by atoms with Gasteiger partial charge in [-0.1, -0.05) is 6.07 Å². The van der Waals surface area contributed by atoms with Crippen molar-refractivity contribution >= 4 is 10.0 Å². The van der Waals surface area contributed by atoms with Crippen LogP contribution in [0.4, 0.5) is 0 Å². The summed E-state index contributed by atoms with van der Waals surface area (Å²) in [6, 6.07) is 7.68. The predicted molar refractivity (Wildman–Crippen MR) is 68.9 cm³/mol. The number of hydrogen-bond donors (Lipinski definition) is 1. The van der Waals surface area contributed by atoms with Gasteiger partial charge < -0.3 is 9.84 Å². The Bertz CT molecular complexity index is 551.